The van der Waals surface area contributed by atoms with E-state index in [1.54, 1.807) is 31.0 Å². The Morgan fingerprint density at radius 3 is 1.14 bits per heavy atom. The predicted molar refractivity (Wildman–Crippen MR) is 349 cm³/mol. The molecule has 8 heterocycles. The second kappa shape index (κ2) is 29.2. The molecule has 3 aliphatic heterocycles. The normalized spacial score (nSPS) is 17.0. The molecule has 0 saturated carbocycles. The van der Waals surface area contributed by atoms with E-state index in [1.165, 1.54) is 0 Å². The molecule has 22 heteroatoms. The highest BCUT2D eigenvalue weighted by Crippen LogP contribution is 2.43. The van der Waals surface area contributed by atoms with Crippen LogP contribution in [0.5, 0.6) is 17.2 Å². The summed E-state index contributed by atoms with van der Waals surface area (Å²) in [7, 11) is -1.44. The van der Waals surface area contributed by atoms with E-state index in [9.17, 15) is 0 Å². The largest absolute Gasteiger partial charge is 0.496 e. The lowest BCUT2D eigenvalue weighted by molar-refractivity contribution is 0.00578. The third kappa shape index (κ3) is 18.3. The molecule has 3 aliphatic rings. The molecule has 6 N–H and O–H groups in total. The zero-order valence-electron chi connectivity index (χ0n) is 51.0. The summed E-state index contributed by atoms with van der Waals surface area (Å²) < 4.78 is 54.9. The predicted octanol–water partition coefficient (Wildman–Crippen LogP) is 12.9. The van der Waals surface area contributed by atoms with Crippen LogP contribution in [0.1, 0.15) is 99.8 Å². The summed E-state index contributed by atoms with van der Waals surface area (Å²) in [6, 6.07) is 46.7. The summed E-state index contributed by atoms with van der Waals surface area (Å²) in [5.74, 6) is 2.84. The van der Waals surface area contributed by atoms with Gasteiger partial charge in [0.15, 0.2) is 34.7 Å². The molecule has 0 bridgehead atoms. The summed E-state index contributed by atoms with van der Waals surface area (Å²) in [5, 5.41) is 0. The van der Waals surface area contributed by atoms with Gasteiger partial charge in [-0.25, -0.2) is 19.9 Å². The molecule has 0 amide bonds. The van der Waals surface area contributed by atoms with Crippen molar-refractivity contribution in [3.05, 3.63) is 202 Å². The summed E-state index contributed by atoms with van der Waals surface area (Å²) in [6.07, 6.45) is 8.50. The number of aromatic nitrogens is 5. The number of nitrogen functional groups attached to an aromatic ring is 3. The molecule has 17 nitrogen and oxygen atoms in total. The second-order valence-electron chi connectivity index (χ2n) is 23.3. The van der Waals surface area contributed by atoms with Crippen LogP contribution in [0.4, 0.5) is 17.5 Å². The fourth-order valence-electron chi connectivity index (χ4n) is 8.03. The van der Waals surface area contributed by atoms with E-state index >= 15 is 0 Å². The summed E-state index contributed by atoms with van der Waals surface area (Å²) in [6.45, 7) is 25.7. The van der Waals surface area contributed by atoms with Gasteiger partial charge in [0.2, 0.25) is 0 Å². The Labute approximate surface area is 524 Å². The summed E-state index contributed by atoms with van der Waals surface area (Å²) in [5.41, 5.74) is 21.0. The molecule has 0 unspecified atom stereocenters. The molecule has 86 heavy (non-hydrogen) atoms. The van der Waals surface area contributed by atoms with Crippen molar-refractivity contribution in [2.24, 2.45) is 0 Å². The first kappa shape index (κ1) is 66.6. The van der Waals surface area contributed by atoms with Gasteiger partial charge < -0.3 is 59.3 Å². The van der Waals surface area contributed by atoms with Crippen LogP contribution in [0.3, 0.4) is 0 Å². The molecule has 0 aliphatic carbocycles. The number of ether oxygens (including phenoxy) is 3. The van der Waals surface area contributed by atoms with Gasteiger partial charge in [-0.3, -0.25) is 4.98 Å². The van der Waals surface area contributed by atoms with Gasteiger partial charge in [0.25, 0.3) is 0 Å². The van der Waals surface area contributed by atoms with Crippen molar-refractivity contribution in [2.75, 3.05) is 17.2 Å². The Morgan fingerprint density at radius 2 is 0.756 bits per heavy atom. The van der Waals surface area contributed by atoms with Crippen LogP contribution in [0.2, 0.25) is 0 Å². The van der Waals surface area contributed by atoms with Crippen molar-refractivity contribution in [3.8, 4) is 28.5 Å². The summed E-state index contributed by atoms with van der Waals surface area (Å²) >= 11 is 6.52. The summed E-state index contributed by atoms with van der Waals surface area (Å²) in [4.78, 5) is 20.6. The standard InChI is InChI=1S/C18H23BN2O3.C17H15N3O.C12H24B2O4.C12H11BrN2O.C5H4BrN/c1-17(2)18(3,4)24-19(23-17)14-10-15(16(20)21-11-14)22-12-13-8-6-5-7-9-13;18-17-16(21-12-13-6-2-1-3-7-13)10-14(11-20-17)15-8-4-5-9-19-15;1-9(2)10(3,4)16-13(15-9)14-17-11(5,6)12(7,8)18-14;13-10-6-11(12(14)15-7-10)16-8-9-4-2-1-3-5-9;6-5-3-1-2-4-7-5/h5-11H,12H2,1-4H3,(H2,20,21);1-11H,12H2,(H2,18,20);1-8H3;1-7H,8H2,(H2,14,15);1-4H. The lowest BCUT2D eigenvalue weighted by Gasteiger charge is -2.32. The van der Waals surface area contributed by atoms with E-state index in [4.69, 9.17) is 59.3 Å². The first-order valence-electron chi connectivity index (χ1n) is 28.1. The Balaban J connectivity index is 0.000000159. The highest BCUT2D eigenvalue weighted by molar-refractivity contribution is 9.10. The van der Waals surface area contributed by atoms with E-state index in [0.29, 0.717) is 54.5 Å². The number of hydrogen-bond donors (Lipinski definition) is 3. The maximum Gasteiger partial charge on any atom is 0.496 e. The average molecular weight is 1290 g/mol. The molecule has 3 fully saturated rings. The van der Waals surface area contributed by atoms with Crippen molar-refractivity contribution in [2.45, 2.75) is 137 Å². The molecule has 5 aromatic heterocycles. The van der Waals surface area contributed by atoms with Crippen molar-refractivity contribution < 1.29 is 42.1 Å². The number of hydrogen-bond acceptors (Lipinski definition) is 17. The number of benzene rings is 3. The van der Waals surface area contributed by atoms with E-state index in [1.807, 2.05) is 229 Å². The number of rotatable bonds is 12. The van der Waals surface area contributed by atoms with Gasteiger partial charge in [-0.15, -0.1) is 0 Å². The fourth-order valence-corrected chi connectivity index (χ4v) is 8.61. The number of pyridine rings is 5. The maximum atomic E-state index is 6.05. The number of nitrogens with two attached hydrogens (primary N) is 3. The third-order valence-electron chi connectivity index (χ3n) is 15.2. The SMILES string of the molecule is Brc1ccccn1.CC1(C)OB(B2OC(C)(C)C(C)(C)O2)OC1(C)C.CC1(C)OB(c2cnc(N)c(OCc3ccccc3)c2)OC1(C)C.Nc1ncc(-c2ccccn2)cc1OCc1ccccc1.Nc1ncc(Br)cc1OCc1ccccc1. The minimum Gasteiger partial charge on any atom is -0.485 e. The quantitative estimate of drug-likeness (QED) is 0.0763. The van der Waals surface area contributed by atoms with Gasteiger partial charge in [0.05, 0.1) is 39.3 Å². The zero-order valence-corrected chi connectivity index (χ0v) is 54.2. The van der Waals surface area contributed by atoms with Gasteiger partial charge in [-0.2, -0.15) is 0 Å². The van der Waals surface area contributed by atoms with E-state index in [-0.39, 0.29) is 22.4 Å². The van der Waals surface area contributed by atoms with Crippen LogP contribution in [-0.2, 0) is 47.7 Å². The van der Waals surface area contributed by atoms with Gasteiger partial charge in [-0.05, 0) is 174 Å². The molecule has 3 saturated heterocycles. The first-order valence-corrected chi connectivity index (χ1v) is 29.7. The van der Waals surface area contributed by atoms with Crippen molar-refractivity contribution in [1.29, 1.82) is 0 Å². The third-order valence-corrected chi connectivity index (χ3v) is 16.1. The molecule has 3 aromatic carbocycles. The van der Waals surface area contributed by atoms with Crippen LogP contribution >= 0.6 is 31.9 Å². The first-order chi connectivity index (χ1) is 40.6. The molecule has 11 rings (SSSR count). The molecule has 450 valence electrons. The molecular formula is C64H77B3Br2N8O9. The molecule has 8 aromatic rings. The Kier molecular flexibility index (Phi) is 22.6. The molecule has 0 radical (unpaired) electrons. The van der Waals surface area contributed by atoms with Gasteiger partial charge in [0.1, 0.15) is 24.4 Å². The van der Waals surface area contributed by atoms with Crippen molar-refractivity contribution in [3.63, 3.8) is 0 Å². The molecular weight excluding hydrogens is 1220 g/mol. The molecule has 0 atom stereocenters. The fraction of sp³-hybridized carbons (Fsp3) is 0.328. The van der Waals surface area contributed by atoms with Crippen molar-refractivity contribution in [1.82, 2.24) is 24.9 Å². The monoisotopic (exact) mass is 1290 g/mol. The van der Waals surface area contributed by atoms with Crippen LogP contribution in [0.25, 0.3) is 11.3 Å². The Hall–Kier alpha value is -6.88. The maximum absolute atomic E-state index is 6.05. The van der Waals surface area contributed by atoms with Crippen LogP contribution in [0, 0.1) is 0 Å². The average Bonchev–Trinajstić information content (AvgIpc) is 1.86. The zero-order chi connectivity index (χ0) is 62.3. The number of nitrogens with zero attached hydrogens (tertiary/aromatic N) is 5. The van der Waals surface area contributed by atoms with E-state index in [2.05, 4.69) is 56.8 Å². The Morgan fingerprint density at radius 1 is 0.395 bits per heavy atom. The lowest BCUT2D eigenvalue weighted by Crippen LogP contribution is -2.41. The Bertz CT molecular complexity index is 3320. The van der Waals surface area contributed by atoms with Gasteiger partial charge in [0, 0.05) is 46.5 Å². The van der Waals surface area contributed by atoms with Crippen LogP contribution in [0.15, 0.2) is 186 Å². The minimum absolute atomic E-state index is 0.353. The lowest BCUT2D eigenvalue weighted by atomic mass is 9.49. The van der Waals surface area contributed by atoms with Gasteiger partial charge in [-0.1, -0.05) is 103 Å². The van der Waals surface area contributed by atoms with Crippen LogP contribution < -0.4 is 36.9 Å². The smallest absolute Gasteiger partial charge is 0.485 e. The van der Waals surface area contributed by atoms with Crippen molar-refractivity contribution >= 4 is 75.9 Å². The van der Waals surface area contributed by atoms with Crippen LogP contribution in [-0.4, -0.2) is 79.7 Å². The highest BCUT2D eigenvalue weighted by atomic mass is 79.9. The number of anilines is 3. The number of halogens is 2. The topological polar surface area (TPSA) is 226 Å². The second-order valence-corrected chi connectivity index (χ2v) is 25.1. The van der Waals surface area contributed by atoms with Gasteiger partial charge >= 0.3 is 21.1 Å². The highest BCUT2D eigenvalue weighted by Gasteiger charge is 2.63. The minimum atomic E-state index is -0.484. The molecule has 0 spiro atoms. The van der Waals surface area contributed by atoms with E-state index in [0.717, 1.165) is 42.5 Å². The van der Waals surface area contributed by atoms with E-state index < -0.39 is 32.3 Å².